The molecule has 0 N–H and O–H groups in total. The van der Waals surface area contributed by atoms with Crippen LogP contribution in [0.25, 0.3) is 6.08 Å². The SMILES string of the molecule is CCOC(=O)/C(=C/c1cccc(OC)c1)OC1CC(OC(C)=O)C(OC(C)=O)C(COC(C)=O)O1. The van der Waals surface area contributed by atoms with Crippen molar-refractivity contribution in [3.63, 3.8) is 0 Å². The lowest BCUT2D eigenvalue weighted by Crippen LogP contribution is -2.54. The van der Waals surface area contributed by atoms with Crippen molar-refractivity contribution in [2.75, 3.05) is 20.3 Å². The zero-order chi connectivity index (χ0) is 26.0. The minimum atomic E-state index is -1.13. The number of rotatable bonds is 10. The summed E-state index contributed by atoms with van der Waals surface area (Å²) in [6, 6.07) is 6.89. The second kappa shape index (κ2) is 13.3. The van der Waals surface area contributed by atoms with Gasteiger partial charge in [-0.15, -0.1) is 0 Å². The van der Waals surface area contributed by atoms with Gasteiger partial charge in [-0.05, 0) is 30.7 Å². The highest BCUT2D eigenvalue weighted by Gasteiger charge is 2.45. The summed E-state index contributed by atoms with van der Waals surface area (Å²) in [4.78, 5) is 47.4. The van der Waals surface area contributed by atoms with Gasteiger partial charge in [0.2, 0.25) is 12.0 Å². The first-order chi connectivity index (χ1) is 16.6. The highest BCUT2D eigenvalue weighted by Crippen LogP contribution is 2.29. The van der Waals surface area contributed by atoms with Crippen molar-refractivity contribution in [2.24, 2.45) is 0 Å². The van der Waals surface area contributed by atoms with Gasteiger partial charge in [-0.2, -0.15) is 0 Å². The maximum atomic E-state index is 12.6. The summed E-state index contributed by atoms with van der Waals surface area (Å²) < 4.78 is 37.7. The maximum absolute atomic E-state index is 12.6. The van der Waals surface area contributed by atoms with Gasteiger partial charge in [-0.1, -0.05) is 12.1 Å². The second-order valence-corrected chi connectivity index (χ2v) is 7.49. The Bertz CT molecular complexity index is 939. The molecule has 1 heterocycles. The average Bonchev–Trinajstić information content (AvgIpc) is 2.78. The Balaban J connectivity index is 2.36. The van der Waals surface area contributed by atoms with Gasteiger partial charge in [0.05, 0.1) is 20.1 Å². The van der Waals surface area contributed by atoms with Crippen LogP contribution in [-0.4, -0.2) is 68.8 Å². The number of hydrogen-bond donors (Lipinski definition) is 0. The Hall–Kier alpha value is -3.60. The van der Waals surface area contributed by atoms with Gasteiger partial charge in [0.1, 0.15) is 24.6 Å². The Kier molecular flexibility index (Phi) is 10.5. The van der Waals surface area contributed by atoms with Crippen LogP contribution < -0.4 is 4.74 Å². The minimum Gasteiger partial charge on any atom is -0.497 e. The van der Waals surface area contributed by atoms with Crippen LogP contribution in [0.1, 0.15) is 39.7 Å². The van der Waals surface area contributed by atoms with Gasteiger partial charge in [0.25, 0.3) is 0 Å². The highest BCUT2D eigenvalue weighted by atomic mass is 16.7. The molecule has 192 valence electrons. The molecule has 0 bridgehead atoms. The topological polar surface area (TPSA) is 133 Å². The summed E-state index contributed by atoms with van der Waals surface area (Å²) >= 11 is 0. The molecule has 0 aliphatic carbocycles. The molecule has 0 radical (unpaired) electrons. The maximum Gasteiger partial charge on any atom is 0.373 e. The van der Waals surface area contributed by atoms with Crippen LogP contribution in [0.15, 0.2) is 30.0 Å². The Morgan fingerprint density at radius 3 is 2.31 bits per heavy atom. The van der Waals surface area contributed by atoms with Gasteiger partial charge in [0, 0.05) is 20.8 Å². The van der Waals surface area contributed by atoms with E-state index in [0.29, 0.717) is 11.3 Å². The van der Waals surface area contributed by atoms with Crippen molar-refractivity contribution in [2.45, 2.75) is 58.7 Å². The summed E-state index contributed by atoms with van der Waals surface area (Å²) in [6.45, 7) is 5.03. The number of carbonyl (C=O) groups excluding carboxylic acids is 4. The fourth-order valence-corrected chi connectivity index (χ4v) is 3.34. The molecule has 1 aliphatic heterocycles. The highest BCUT2D eigenvalue weighted by molar-refractivity contribution is 5.91. The van der Waals surface area contributed by atoms with Crippen molar-refractivity contribution >= 4 is 30.0 Å². The van der Waals surface area contributed by atoms with Crippen LogP contribution in [0, 0.1) is 0 Å². The molecule has 1 fully saturated rings. The number of benzene rings is 1. The Labute approximate surface area is 203 Å². The van der Waals surface area contributed by atoms with Crippen molar-refractivity contribution in [3.05, 3.63) is 35.6 Å². The smallest absolute Gasteiger partial charge is 0.373 e. The zero-order valence-corrected chi connectivity index (χ0v) is 20.3. The predicted octanol–water partition coefficient (Wildman–Crippen LogP) is 2.16. The molecule has 11 nitrogen and oxygen atoms in total. The summed E-state index contributed by atoms with van der Waals surface area (Å²) in [5.74, 6) is -2.22. The standard InChI is InChI=1S/C24H30O11/c1-6-30-24(28)20(11-17-8-7-9-18(10-17)29-5)34-22-12-19(32-15(3)26)23(33-16(4)27)21(35-22)13-31-14(2)25/h7-11,19,21-23H,6,12-13H2,1-5H3/b20-11-. The van der Waals surface area contributed by atoms with Crippen LogP contribution >= 0.6 is 0 Å². The van der Waals surface area contributed by atoms with Gasteiger partial charge >= 0.3 is 23.9 Å². The summed E-state index contributed by atoms with van der Waals surface area (Å²) in [7, 11) is 1.51. The molecule has 4 unspecified atom stereocenters. The summed E-state index contributed by atoms with van der Waals surface area (Å²) in [6.07, 6.45) is -2.86. The molecule has 0 spiro atoms. The van der Waals surface area contributed by atoms with Gasteiger partial charge in [-0.25, -0.2) is 4.79 Å². The lowest BCUT2D eigenvalue weighted by Gasteiger charge is -2.39. The summed E-state index contributed by atoms with van der Waals surface area (Å²) in [5.41, 5.74) is 0.592. The van der Waals surface area contributed by atoms with Crippen LogP contribution in [0.5, 0.6) is 5.75 Å². The van der Waals surface area contributed by atoms with Gasteiger partial charge in [0.15, 0.2) is 6.10 Å². The summed E-state index contributed by atoms with van der Waals surface area (Å²) in [5, 5.41) is 0. The number of methoxy groups -OCH3 is 1. The molecular weight excluding hydrogens is 464 g/mol. The van der Waals surface area contributed by atoms with Crippen LogP contribution in [0.4, 0.5) is 0 Å². The first-order valence-corrected chi connectivity index (χ1v) is 11.0. The molecule has 1 aromatic rings. The minimum absolute atomic E-state index is 0.0804. The molecule has 35 heavy (non-hydrogen) atoms. The molecule has 2 rings (SSSR count). The van der Waals surface area contributed by atoms with Gasteiger partial charge in [-0.3, -0.25) is 14.4 Å². The van der Waals surface area contributed by atoms with E-state index in [4.69, 9.17) is 33.2 Å². The van der Waals surface area contributed by atoms with E-state index in [-0.39, 0.29) is 25.4 Å². The molecule has 1 aliphatic rings. The van der Waals surface area contributed by atoms with Gasteiger partial charge < -0.3 is 33.2 Å². The van der Waals surface area contributed by atoms with Crippen molar-refractivity contribution in [1.29, 1.82) is 0 Å². The third-order valence-corrected chi connectivity index (χ3v) is 4.68. The molecule has 0 aromatic heterocycles. The molecule has 0 amide bonds. The van der Waals surface area contributed by atoms with Crippen molar-refractivity contribution in [3.8, 4) is 5.75 Å². The molecule has 0 saturated carbocycles. The number of ether oxygens (including phenoxy) is 7. The molecular formula is C24H30O11. The van der Waals surface area contributed by atoms with E-state index in [1.807, 2.05) is 0 Å². The Morgan fingerprint density at radius 1 is 1.00 bits per heavy atom. The first-order valence-electron chi connectivity index (χ1n) is 11.0. The van der Waals surface area contributed by atoms with E-state index < -0.39 is 48.5 Å². The fourth-order valence-electron chi connectivity index (χ4n) is 3.34. The average molecular weight is 494 g/mol. The van der Waals surface area contributed by atoms with Crippen molar-refractivity contribution < 1.29 is 52.3 Å². The van der Waals surface area contributed by atoms with E-state index in [9.17, 15) is 19.2 Å². The van der Waals surface area contributed by atoms with Crippen LogP contribution in [-0.2, 0) is 47.6 Å². The van der Waals surface area contributed by atoms with E-state index in [1.54, 1.807) is 31.2 Å². The lowest BCUT2D eigenvalue weighted by molar-refractivity contribution is -0.257. The first kappa shape index (κ1) is 27.6. The lowest BCUT2D eigenvalue weighted by atomic mass is 10.0. The molecule has 1 saturated heterocycles. The third kappa shape index (κ3) is 8.93. The van der Waals surface area contributed by atoms with E-state index in [1.165, 1.54) is 34.0 Å². The van der Waals surface area contributed by atoms with E-state index in [2.05, 4.69) is 0 Å². The zero-order valence-electron chi connectivity index (χ0n) is 20.3. The van der Waals surface area contributed by atoms with Crippen molar-refractivity contribution in [1.82, 2.24) is 0 Å². The molecule has 1 aromatic carbocycles. The molecule has 4 atom stereocenters. The molecule has 11 heteroatoms. The quantitative estimate of drug-likeness (QED) is 0.205. The predicted molar refractivity (Wildman–Crippen MR) is 120 cm³/mol. The number of carbonyl (C=O) groups is 4. The largest absolute Gasteiger partial charge is 0.497 e. The van der Waals surface area contributed by atoms with E-state index >= 15 is 0 Å². The number of hydrogen-bond acceptors (Lipinski definition) is 11. The Morgan fingerprint density at radius 2 is 1.71 bits per heavy atom. The van der Waals surface area contributed by atoms with Crippen LogP contribution in [0.2, 0.25) is 0 Å². The van der Waals surface area contributed by atoms with Crippen LogP contribution in [0.3, 0.4) is 0 Å². The monoisotopic (exact) mass is 494 g/mol. The second-order valence-electron chi connectivity index (χ2n) is 7.49. The van der Waals surface area contributed by atoms with E-state index in [0.717, 1.165) is 0 Å². The number of esters is 4. The third-order valence-electron chi connectivity index (χ3n) is 4.68. The fraction of sp³-hybridized carbons (Fsp3) is 0.500. The normalized spacial score (nSPS) is 21.9.